The summed E-state index contributed by atoms with van der Waals surface area (Å²) in [6.07, 6.45) is 3.95. The number of hydrogen-bond donors (Lipinski definition) is 1. The third-order valence-electron chi connectivity index (χ3n) is 3.85. The fourth-order valence-corrected chi connectivity index (χ4v) is 4.26. The fourth-order valence-electron chi connectivity index (χ4n) is 2.66. The van der Waals surface area contributed by atoms with E-state index in [1.165, 1.54) is 0 Å². The standard InChI is InChI=1S/C16H20N2O2S2/c19-16(9-13-2-6-22-12-13)17-10-15(14-1-5-20-11-14)18-3-7-21-8-4-18/h1-2,5-6,11-12,15H,3-4,7-10H2,(H,17,19)/t15-/m1/s1. The van der Waals surface area contributed by atoms with Gasteiger partial charge in [-0.1, -0.05) is 0 Å². The van der Waals surface area contributed by atoms with Crippen LogP contribution in [-0.4, -0.2) is 41.9 Å². The number of hydrogen-bond acceptors (Lipinski definition) is 5. The molecule has 2 aromatic rings. The second-order valence-corrected chi connectivity index (χ2v) is 7.34. The first-order valence-corrected chi connectivity index (χ1v) is 9.54. The number of nitrogens with one attached hydrogen (secondary N) is 1. The van der Waals surface area contributed by atoms with Crippen molar-refractivity contribution in [3.63, 3.8) is 0 Å². The zero-order valence-corrected chi connectivity index (χ0v) is 14.0. The molecule has 1 aliphatic rings. The Hall–Kier alpha value is -1.24. The summed E-state index contributed by atoms with van der Waals surface area (Å²) in [5, 5.41) is 7.11. The van der Waals surface area contributed by atoms with Gasteiger partial charge in [-0.25, -0.2) is 0 Å². The Balaban J connectivity index is 1.59. The highest BCUT2D eigenvalue weighted by atomic mass is 32.2. The van der Waals surface area contributed by atoms with E-state index in [0.717, 1.165) is 35.7 Å². The number of carbonyl (C=O) groups excluding carboxylic acids is 1. The van der Waals surface area contributed by atoms with Crippen molar-refractivity contribution in [2.75, 3.05) is 31.1 Å². The smallest absolute Gasteiger partial charge is 0.224 e. The first-order chi connectivity index (χ1) is 10.8. The number of thiophene rings is 1. The van der Waals surface area contributed by atoms with Crippen LogP contribution in [0.5, 0.6) is 0 Å². The van der Waals surface area contributed by atoms with Crippen LogP contribution in [-0.2, 0) is 11.2 Å². The number of carbonyl (C=O) groups is 1. The SMILES string of the molecule is O=C(Cc1ccsc1)NC[C@H](c1ccoc1)N1CCSCC1. The van der Waals surface area contributed by atoms with E-state index >= 15 is 0 Å². The molecule has 118 valence electrons. The summed E-state index contributed by atoms with van der Waals surface area (Å²) in [4.78, 5) is 14.6. The van der Waals surface area contributed by atoms with Crippen molar-refractivity contribution in [2.45, 2.75) is 12.5 Å². The average molecular weight is 336 g/mol. The molecular weight excluding hydrogens is 316 g/mol. The van der Waals surface area contributed by atoms with Crippen LogP contribution in [0.15, 0.2) is 39.8 Å². The molecule has 1 amide bonds. The van der Waals surface area contributed by atoms with E-state index in [0.29, 0.717) is 13.0 Å². The first-order valence-electron chi connectivity index (χ1n) is 7.44. The predicted molar refractivity (Wildman–Crippen MR) is 91.4 cm³/mol. The quantitative estimate of drug-likeness (QED) is 0.881. The van der Waals surface area contributed by atoms with E-state index in [9.17, 15) is 4.79 Å². The minimum atomic E-state index is 0.0817. The number of amides is 1. The predicted octanol–water partition coefficient (Wildman–Crippen LogP) is 2.79. The molecule has 1 N–H and O–H groups in total. The summed E-state index contributed by atoms with van der Waals surface area (Å²) in [5.74, 6) is 2.38. The van der Waals surface area contributed by atoms with Crippen molar-refractivity contribution in [2.24, 2.45) is 0 Å². The Labute approximate surface area is 138 Å². The van der Waals surface area contributed by atoms with Gasteiger partial charge >= 0.3 is 0 Å². The molecule has 0 radical (unpaired) electrons. The van der Waals surface area contributed by atoms with Gasteiger partial charge in [-0.2, -0.15) is 23.1 Å². The molecule has 3 heterocycles. The lowest BCUT2D eigenvalue weighted by Crippen LogP contribution is -2.42. The van der Waals surface area contributed by atoms with E-state index in [4.69, 9.17) is 4.42 Å². The molecule has 3 rings (SSSR count). The van der Waals surface area contributed by atoms with Crippen LogP contribution in [0.3, 0.4) is 0 Å². The van der Waals surface area contributed by atoms with E-state index in [-0.39, 0.29) is 11.9 Å². The van der Waals surface area contributed by atoms with Crippen LogP contribution in [0.25, 0.3) is 0 Å². The summed E-state index contributed by atoms with van der Waals surface area (Å²) in [6, 6.07) is 4.20. The first kappa shape index (κ1) is 15.6. The molecule has 0 aliphatic carbocycles. The fraction of sp³-hybridized carbons (Fsp3) is 0.438. The van der Waals surface area contributed by atoms with E-state index in [1.54, 1.807) is 23.9 Å². The molecule has 1 saturated heterocycles. The second kappa shape index (κ2) is 7.85. The topological polar surface area (TPSA) is 45.5 Å². The highest BCUT2D eigenvalue weighted by Gasteiger charge is 2.23. The van der Waals surface area contributed by atoms with Gasteiger partial charge in [-0.15, -0.1) is 0 Å². The Morgan fingerprint density at radius 1 is 1.36 bits per heavy atom. The highest BCUT2D eigenvalue weighted by Crippen LogP contribution is 2.24. The molecule has 0 spiro atoms. The molecule has 2 aromatic heterocycles. The lowest BCUT2D eigenvalue weighted by Gasteiger charge is -2.34. The molecule has 1 fully saturated rings. The summed E-state index contributed by atoms with van der Waals surface area (Å²) in [6.45, 7) is 2.75. The van der Waals surface area contributed by atoms with Crippen molar-refractivity contribution < 1.29 is 9.21 Å². The molecule has 0 bridgehead atoms. The van der Waals surface area contributed by atoms with Gasteiger partial charge in [0, 0.05) is 36.7 Å². The van der Waals surface area contributed by atoms with E-state index in [2.05, 4.69) is 10.2 Å². The van der Waals surface area contributed by atoms with Crippen molar-refractivity contribution >= 4 is 29.0 Å². The van der Waals surface area contributed by atoms with E-state index < -0.39 is 0 Å². The largest absolute Gasteiger partial charge is 0.472 e. The van der Waals surface area contributed by atoms with Crippen LogP contribution < -0.4 is 5.32 Å². The number of rotatable bonds is 6. The van der Waals surface area contributed by atoms with Gasteiger partial charge in [0.1, 0.15) is 0 Å². The van der Waals surface area contributed by atoms with Crippen LogP contribution in [0.1, 0.15) is 17.2 Å². The van der Waals surface area contributed by atoms with Gasteiger partial charge in [0.25, 0.3) is 0 Å². The average Bonchev–Trinajstić information content (AvgIpc) is 3.22. The molecule has 4 nitrogen and oxygen atoms in total. The molecule has 1 aliphatic heterocycles. The summed E-state index contributed by atoms with van der Waals surface area (Å²) in [7, 11) is 0. The maximum Gasteiger partial charge on any atom is 0.224 e. The molecular formula is C16H20N2O2S2. The van der Waals surface area contributed by atoms with Crippen LogP contribution >= 0.6 is 23.1 Å². The second-order valence-electron chi connectivity index (χ2n) is 5.33. The molecule has 22 heavy (non-hydrogen) atoms. The van der Waals surface area contributed by atoms with Crippen LogP contribution in [0.4, 0.5) is 0 Å². The Morgan fingerprint density at radius 3 is 2.91 bits per heavy atom. The Morgan fingerprint density at radius 2 is 2.23 bits per heavy atom. The third-order valence-corrected chi connectivity index (χ3v) is 5.53. The monoisotopic (exact) mass is 336 g/mol. The summed E-state index contributed by atoms with van der Waals surface area (Å²) >= 11 is 3.61. The van der Waals surface area contributed by atoms with Crippen molar-refractivity contribution in [1.82, 2.24) is 10.2 Å². The number of nitrogens with zero attached hydrogens (tertiary/aromatic N) is 1. The Kier molecular flexibility index (Phi) is 5.58. The van der Waals surface area contributed by atoms with Crippen molar-refractivity contribution in [3.05, 3.63) is 46.5 Å². The van der Waals surface area contributed by atoms with Gasteiger partial charge in [-0.3, -0.25) is 9.69 Å². The van der Waals surface area contributed by atoms with Gasteiger partial charge in [0.15, 0.2) is 0 Å². The third kappa shape index (κ3) is 4.15. The zero-order chi connectivity index (χ0) is 15.2. The van der Waals surface area contributed by atoms with Crippen molar-refractivity contribution in [1.29, 1.82) is 0 Å². The van der Waals surface area contributed by atoms with E-state index in [1.807, 2.05) is 34.7 Å². The summed E-state index contributed by atoms with van der Waals surface area (Å²) < 4.78 is 5.24. The lowest BCUT2D eigenvalue weighted by atomic mass is 10.1. The minimum Gasteiger partial charge on any atom is -0.472 e. The number of furan rings is 1. The maximum absolute atomic E-state index is 12.1. The molecule has 0 saturated carbocycles. The zero-order valence-electron chi connectivity index (χ0n) is 12.4. The lowest BCUT2D eigenvalue weighted by molar-refractivity contribution is -0.120. The Bertz CT molecular complexity index is 563. The number of thioether (sulfide) groups is 1. The van der Waals surface area contributed by atoms with Crippen LogP contribution in [0, 0.1) is 0 Å². The van der Waals surface area contributed by atoms with Gasteiger partial charge < -0.3 is 9.73 Å². The molecule has 6 heteroatoms. The highest BCUT2D eigenvalue weighted by molar-refractivity contribution is 7.99. The van der Waals surface area contributed by atoms with Gasteiger partial charge in [0.2, 0.25) is 5.91 Å². The van der Waals surface area contributed by atoms with Crippen LogP contribution in [0.2, 0.25) is 0 Å². The van der Waals surface area contributed by atoms with Gasteiger partial charge in [-0.05, 0) is 28.5 Å². The summed E-state index contributed by atoms with van der Waals surface area (Å²) in [5.41, 5.74) is 2.22. The molecule has 0 aromatic carbocycles. The maximum atomic E-state index is 12.1. The molecule has 0 unspecified atom stereocenters. The van der Waals surface area contributed by atoms with Crippen molar-refractivity contribution in [3.8, 4) is 0 Å². The molecule has 1 atom stereocenters. The minimum absolute atomic E-state index is 0.0817. The van der Waals surface area contributed by atoms with Gasteiger partial charge in [0.05, 0.1) is 25.0 Å². The normalized spacial score (nSPS) is 17.3.